The first-order chi connectivity index (χ1) is 8.31. The van der Waals surface area contributed by atoms with Crippen LogP contribution in [-0.4, -0.2) is 17.6 Å². The number of alkyl halides is 3. The molecule has 0 aliphatic rings. The Labute approximate surface area is 106 Å². The van der Waals surface area contributed by atoms with Gasteiger partial charge in [-0.2, -0.15) is 13.2 Å². The number of benzene rings is 1. The van der Waals surface area contributed by atoms with Gasteiger partial charge in [-0.25, -0.2) is 0 Å². The van der Waals surface area contributed by atoms with Gasteiger partial charge in [-0.1, -0.05) is 17.7 Å². The molecular formula is C10H10ClF3N2O2. The molecule has 1 aromatic carbocycles. The third-order valence-corrected chi connectivity index (χ3v) is 2.53. The lowest BCUT2D eigenvalue weighted by Crippen LogP contribution is -2.21. The minimum atomic E-state index is -4.25. The van der Waals surface area contributed by atoms with Crippen molar-refractivity contribution in [1.29, 1.82) is 0 Å². The van der Waals surface area contributed by atoms with Crippen molar-refractivity contribution in [1.82, 2.24) is 5.32 Å². The van der Waals surface area contributed by atoms with Gasteiger partial charge in [-0.15, -0.1) is 0 Å². The zero-order valence-corrected chi connectivity index (χ0v) is 9.88. The van der Waals surface area contributed by atoms with Crippen LogP contribution < -0.4 is 5.32 Å². The first kappa shape index (κ1) is 14.7. The van der Waals surface area contributed by atoms with Gasteiger partial charge in [0, 0.05) is 19.2 Å². The van der Waals surface area contributed by atoms with E-state index in [-0.39, 0.29) is 29.4 Å². The number of halogens is 4. The van der Waals surface area contributed by atoms with E-state index in [1.54, 1.807) is 0 Å². The highest BCUT2D eigenvalue weighted by atomic mass is 35.5. The molecule has 0 spiro atoms. The predicted molar refractivity (Wildman–Crippen MR) is 60.5 cm³/mol. The summed E-state index contributed by atoms with van der Waals surface area (Å²) in [4.78, 5) is 10.1. The van der Waals surface area contributed by atoms with E-state index in [4.69, 9.17) is 11.6 Å². The molecule has 0 saturated heterocycles. The van der Waals surface area contributed by atoms with Crippen LogP contribution in [0, 0.1) is 10.1 Å². The van der Waals surface area contributed by atoms with Crippen LogP contribution in [0.5, 0.6) is 0 Å². The molecule has 0 saturated carbocycles. The zero-order chi connectivity index (χ0) is 13.8. The van der Waals surface area contributed by atoms with E-state index in [0.29, 0.717) is 0 Å². The average Bonchev–Trinajstić information content (AvgIpc) is 2.24. The second kappa shape index (κ2) is 6.01. The Balaban J connectivity index is 2.64. The van der Waals surface area contributed by atoms with E-state index in [0.717, 1.165) is 0 Å². The van der Waals surface area contributed by atoms with E-state index in [9.17, 15) is 23.3 Å². The third-order valence-electron chi connectivity index (χ3n) is 2.18. The van der Waals surface area contributed by atoms with Crippen molar-refractivity contribution in [2.24, 2.45) is 0 Å². The van der Waals surface area contributed by atoms with Crippen LogP contribution in [0.25, 0.3) is 0 Å². The number of nitro benzene ring substituents is 1. The molecule has 0 atom stereocenters. The molecular weight excluding hydrogens is 273 g/mol. The Hall–Kier alpha value is -1.34. The summed E-state index contributed by atoms with van der Waals surface area (Å²) in [5, 5.41) is 13.3. The fourth-order valence-corrected chi connectivity index (χ4v) is 1.57. The highest BCUT2D eigenvalue weighted by Gasteiger charge is 2.26. The average molecular weight is 283 g/mol. The largest absolute Gasteiger partial charge is 0.390 e. The first-order valence-electron chi connectivity index (χ1n) is 5.00. The van der Waals surface area contributed by atoms with Gasteiger partial charge >= 0.3 is 6.18 Å². The molecule has 0 radical (unpaired) electrons. The quantitative estimate of drug-likeness (QED) is 0.512. The highest BCUT2D eigenvalue weighted by Crippen LogP contribution is 2.26. The van der Waals surface area contributed by atoms with Crippen LogP contribution >= 0.6 is 11.6 Å². The fourth-order valence-electron chi connectivity index (χ4n) is 1.34. The van der Waals surface area contributed by atoms with Crippen molar-refractivity contribution in [3.05, 3.63) is 38.9 Å². The van der Waals surface area contributed by atoms with Crippen molar-refractivity contribution in [3.8, 4) is 0 Å². The van der Waals surface area contributed by atoms with E-state index < -0.39 is 17.5 Å². The molecule has 0 unspecified atom stereocenters. The van der Waals surface area contributed by atoms with Gasteiger partial charge in [0.15, 0.2) is 0 Å². The smallest absolute Gasteiger partial charge is 0.312 e. The van der Waals surface area contributed by atoms with Crippen molar-refractivity contribution in [3.63, 3.8) is 0 Å². The third kappa shape index (κ3) is 4.50. The van der Waals surface area contributed by atoms with E-state index >= 15 is 0 Å². The summed E-state index contributed by atoms with van der Waals surface area (Å²) >= 11 is 5.78. The summed E-state index contributed by atoms with van der Waals surface area (Å²) in [6.45, 7) is -0.391. The maximum absolute atomic E-state index is 11.9. The maximum Gasteiger partial charge on any atom is 0.390 e. The van der Waals surface area contributed by atoms with Crippen LogP contribution in [0.15, 0.2) is 18.2 Å². The Morgan fingerprint density at radius 2 is 2.06 bits per heavy atom. The van der Waals surface area contributed by atoms with Crippen LogP contribution in [0.3, 0.4) is 0 Å². The van der Waals surface area contributed by atoms with Crippen molar-refractivity contribution in [2.45, 2.75) is 19.1 Å². The number of nitro groups is 1. The molecule has 0 amide bonds. The van der Waals surface area contributed by atoms with Crippen LogP contribution in [0.4, 0.5) is 18.9 Å². The molecule has 8 heteroatoms. The second-order valence-electron chi connectivity index (χ2n) is 3.54. The number of nitrogens with zero attached hydrogens (tertiary/aromatic N) is 1. The Bertz CT molecular complexity index is 438. The molecule has 0 heterocycles. The number of hydrogen-bond acceptors (Lipinski definition) is 3. The van der Waals surface area contributed by atoms with Crippen molar-refractivity contribution < 1.29 is 18.1 Å². The van der Waals surface area contributed by atoms with Crippen LogP contribution in [0.2, 0.25) is 5.02 Å². The number of rotatable bonds is 5. The van der Waals surface area contributed by atoms with Gasteiger partial charge in [0.2, 0.25) is 0 Å². The lowest BCUT2D eigenvalue weighted by atomic mass is 10.2. The Morgan fingerprint density at radius 3 is 2.61 bits per heavy atom. The topological polar surface area (TPSA) is 55.2 Å². The lowest BCUT2D eigenvalue weighted by molar-refractivity contribution is -0.385. The molecule has 4 nitrogen and oxygen atoms in total. The van der Waals surface area contributed by atoms with Crippen LogP contribution in [0.1, 0.15) is 12.0 Å². The SMILES string of the molecule is O=[N+]([O-])c1cccc(Cl)c1CNCCC(F)(F)F. The van der Waals surface area contributed by atoms with Gasteiger partial charge in [0.25, 0.3) is 5.69 Å². The summed E-state index contributed by atoms with van der Waals surface area (Å²) in [5.41, 5.74) is -0.0200. The molecule has 0 aliphatic carbocycles. The first-order valence-corrected chi connectivity index (χ1v) is 5.38. The molecule has 1 rings (SSSR count). The van der Waals surface area contributed by atoms with Gasteiger partial charge in [0.05, 0.1) is 21.9 Å². The van der Waals surface area contributed by atoms with Gasteiger partial charge in [-0.3, -0.25) is 10.1 Å². The summed E-state index contributed by atoms with van der Waals surface area (Å²) in [5.74, 6) is 0. The van der Waals surface area contributed by atoms with Crippen LogP contribution in [-0.2, 0) is 6.54 Å². The van der Waals surface area contributed by atoms with E-state index in [1.807, 2.05) is 0 Å². The molecule has 0 fully saturated rings. The lowest BCUT2D eigenvalue weighted by Gasteiger charge is -2.09. The molecule has 100 valence electrons. The van der Waals surface area contributed by atoms with Gasteiger partial charge < -0.3 is 5.32 Å². The van der Waals surface area contributed by atoms with Gasteiger partial charge in [-0.05, 0) is 6.07 Å². The fraction of sp³-hybridized carbons (Fsp3) is 0.400. The normalized spacial score (nSPS) is 11.6. The van der Waals surface area contributed by atoms with E-state index in [2.05, 4.69) is 5.32 Å². The minimum absolute atomic E-state index is 0.0773. The van der Waals surface area contributed by atoms with E-state index in [1.165, 1.54) is 18.2 Å². The molecule has 0 aromatic heterocycles. The zero-order valence-electron chi connectivity index (χ0n) is 9.13. The summed E-state index contributed by atoms with van der Waals surface area (Å²) < 4.78 is 35.7. The molecule has 1 aromatic rings. The molecule has 18 heavy (non-hydrogen) atoms. The monoisotopic (exact) mass is 282 g/mol. The molecule has 0 aliphatic heterocycles. The Morgan fingerprint density at radius 1 is 1.39 bits per heavy atom. The van der Waals surface area contributed by atoms with Gasteiger partial charge in [0.1, 0.15) is 0 Å². The summed E-state index contributed by atoms with van der Waals surface area (Å²) in [7, 11) is 0. The predicted octanol–water partition coefficient (Wildman–Crippen LogP) is 3.29. The highest BCUT2D eigenvalue weighted by molar-refractivity contribution is 6.31. The maximum atomic E-state index is 11.9. The molecule has 0 bridgehead atoms. The molecule has 1 N–H and O–H groups in total. The number of nitrogens with one attached hydrogen (secondary N) is 1. The second-order valence-corrected chi connectivity index (χ2v) is 3.94. The number of hydrogen-bond donors (Lipinski definition) is 1. The van der Waals surface area contributed by atoms with Crippen molar-refractivity contribution in [2.75, 3.05) is 6.54 Å². The summed E-state index contributed by atoms with van der Waals surface area (Å²) in [6, 6.07) is 4.13. The minimum Gasteiger partial charge on any atom is -0.312 e. The van der Waals surface area contributed by atoms with Crippen molar-refractivity contribution >= 4 is 17.3 Å². The summed E-state index contributed by atoms with van der Waals surface area (Å²) in [6.07, 6.45) is -5.25. The standard InChI is InChI=1S/C10H10ClF3N2O2/c11-8-2-1-3-9(16(17)18)7(8)6-15-5-4-10(12,13)14/h1-3,15H,4-6H2. The Kier molecular flexibility index (Phi) is 4.92.